The highest BCUT2D eigenvalue weighted by molar-refractivity contribution is 6.00. The molecule has 0 bridgehead atoms. The van der Waals surface area contributed by atoms with E-state index in [-0.39, 0.29) is 89.1 Å². The predicted octanol–water partition coefficient (Wildman–Crippen LogP) is 1.98. The first kappa shape index (κ1) is 96.4. The van der Waals surface area contributed by atoms with Crippen molar-refractivity contribution in [3.05, 3.63) is 144 Å². The lowest BCUT2D eigenvalue weighted by Crippen LogP contribution is -2.61. The number of carbonyl (C=O) groups is 13. The van der Waals surface area contributed by atoms with Crippen LogP contribution in [0.25, 0.3) is 0 Å². The highest BCUT2D eigenvalue weighted by Crippen LogP contribution is 2.22. The van der Waals surface area contributed by atoms with Crippen LogP contribution in [0.5, 0.6) is 0 Å². The number of rotatable bonds is 53. The molecule has 1 fully saturated rings. The molecule has 1 aliphatic rings. The van der Waals surface area contributed by atoms with Gasteiger partial charge in [0.25, 0.3) is 0 Å². The van der Waals surface area contributed by atoms with Crippen LogP contribution in [0, 0.1) is 17.8 Å². The molecular formula is C85H129N17O14. The fourth-order valence-electron chi connectivity index (χ4n) is 13.7. The minimum atomic E-state index is -1.37. The fourth-order valence-corrected chi connectivity index (χ4v) is 13.7. The number of hydrogen-bond donors (Lipinski definition) is 17. The smallest absolute Gasteiger partial charge is 0.326 e. The molecular weight excluding hydrogens is 1480 g/mol. The molecule has 1 heterocycles. The topological polar surface area (TPSA) is 508 Å². The van der Waals surface area contributed by atoms with Gasteiger partial charge in [-0.15, -0.1) is 0 Å². The van der Waals surface area contributed by atoms with E-state index in [0.717, 1.165) is 0 Å². The standard InChI is InChI=1S/C85H129N17O14/c1-53(2)47-65(99-83(113)72(55(5)6)101-76(106)64(40-23-27-45-89)94-75(105)63(39-22-26-44-88)93-74(104)62(38-21-25-43-87)92-73(103)61(90)37-20-24-42-86)77(107)91-56(7)84(114)102-46-28-41-71(102)82(112)98-69(51-59-33-16-10-17-34-59)80(110)95-66(48-54(3)4)78(108)96-67(49-57-29-12-8-13-30-57)79(109)97-68(50-58-31-14-9-15-32-58)81(111)100-70(85(115)116)52-60-35-18-11-19-36-60/h8-19,29-36,53-56,61-72H,20-28,37-52,86-90H2,1-7H3,(H,91,107)(H,92,103)(H,93,104)(H,94,105)(H,95,110)(H,96,108)(H,97,109)(H,98,112)(H,99,113)(H,100,111)(H,101,106)(H,115,116)/t56-,61-,62-,63-,64-,65-,66-,67-,68-,69-,70-,71-,72-/m0/s1. The molecule has 31 heteroatoms. The Bertz CT molecular complexity index is 3750. The highest BCUT2D eigenvalue weighted by atomic mass is 16.4. The Kier molecular flexibility index (Phi) is 42.9. The third-order valence-electron chi connectivity index (χ3n) is 20.2. The molecule has 1 aliphatic heterocycles. The van der Waals surface area contributed by atoms with Crippen molar-refractivity contribution in [3.8, 4) is 0 Å². The van der Waals surface area contributed by atoms with Crippen LogP contribution >= 0.6 is 0 Å². The quantitative estimate of drug-likeness (QED) is 0.0281. The Morgan fingerprint density at radius 2 is 0.664 bits per heavy atom. The second-order valence-corrected chi connectivity index (χ2v) is 31.3. The second-order valence-electron chi connectivity index (χ2n) is 31.3. The number of carboxylic acids is 1. The number of hydrogen-bond acceptors (Lipinski definition) is 18. The van der Waals surface area contributed by atoms with Crippen LogP contribution in [0.1, 0.15) is 173 Å². The molecule has 31 nitrogen and oxygen atoms in total. The first-order valence-corrected chi connectivity index (χ1v) is 41.1. The summed E-state index contributed by atoms with van der Waals surface area (Å²) in [4.78, 5) is 188. The van der Waals surface area contributed by atoms with E-state index in [1.807, 2.05) is 27.7 Å². The SMILES string of the molecule is CC(C)C[C@H](NC(=O)[C@H](Cc1ccccc1)NC(=O)[C@@H]1CCCN1C(=O)[C@H](C)NC(=O)[C@H](CC(C)C)NC(=O)[C@@H](NC(=O)[C@H](CCCCN)NC(=O)[C@H](CCCCN)NC(=O)[C@H](CCCCN)NC(=O)[C@@H](N)CCCCN)C(C)C)C(=O)N[C@@H](Cc1ccccc1)C(=O)N[C@@H](Cc1ccccc1)C(=O)N[C@@H](Cc1ccccc1)C(=O)O. The van der Waals surface area contributed by atoms with E-state index in [0.29, 0.717) is 106 Å². The minimum absolute atomic E-state index is 0.0465. The number of nitrogens with two attached hydrogens (primary N) is 5. The molecule has 13 atom stereocenters. The summed E-state index contributed by atoms with van der Waals surface area (Å²) in [7, 11) is 0. The summed E-state index contributed by atoms with van der Waals surface area (Å²) in [6.07, 6.45) is 5.27. The molecule has 0 saturated carbocycles. The van der Waals surface area contributed by atoms with Crippen molar-refractivity contribution in [1.29, 1.82) is 0 Å². The summed E-state index contributed by atoms with van der Waals surface area (Å²) in [5.41, 5.74) is 31.9. The molecule has 0 radical (unpaired) electrons. The van der Waals surface area contributed by atoms with Crippen molar-refractivity contribution in [1.82, 2.24) is 63.4 Å². The third-order valence-corrected chi connectivity index (χ3v) is 20.2. The van der Waals surface area contributed by atoms with E-state index in [4.69, 9.17) is 28.7 Å². The molecule has 116 heavy (non-hydrogen) atoms. The van der Waals surface area contributed by atoms with Gasteiger partial charge in [-0.2, -0.15) is 0 Å². The van der Waals surface area contributed by atoms with Gasteiger partial charge in [-0.25, -0.2) is 4.79 Å². The van der Waals surface area contributed by atoms with Gasteiger partial charge in [0.05, 0.1) is 6.04 Å². The van der Waals surface area contributed by atoms with Crippen LogP contribution in [-0.4, -0.2) is 198 Å². The zero-order valence-electron chi connectivity index (χ0n) is 68.6. The molecule has 1 saturated heterocycles. The number of carboxylic acid groups (broad SMARTS) is 1. The van der Waals surface area contributed by atoms with Crippen LogP contribution in [0.15, 0.2) is 121 Å². The zero-order chi connectivity index (χ0) is 85.2. The van der Waals surface area contributed by atoms with Crippen molar-refractivity contribution in [2.45, 2.75) is 255 Å². The van der Waals surface area contributed by atoms with Crippen molar-refractivity contribution < 1.29 is 67.4 Å². The number of likely N-dealkylation sites (tertiary alicyclic amines) is 1. The monoisotopic (exact) mass is 1610 g/mol. The number of benzene rings is 4. The molecule has 0 aromatic heterocycles. The Morgan fingerprint density at radius 3 is 1.03 bits per heavy atom. The van der Waals surface area contributed by atoms with Gasteiger partial charge in [0.1, 0.15) is 72.5 Å². The number of amides is 12. The van der Waals surface area contributed by atoms with Gasteiger partial charge in [-0.1, -0.05) is 169 Å². The fraction of sp³-hybridized carbons (Fsp3) is 0.565. The van der Waals surface area contributed by atoms with Gasteiger partial charge in [0.15, 0.2) is 0 Å². The lowest BCUT2D eigenvalue weighted by atomic mass is 9.98. The largest absolute Gasteiger partial charge is 0.480 e. The van der Waals surface area contributed by atoms with Gasteiger partial charge in [-0.05, 0) is 169 Å². The Morgan fingerprint density at radius 1 is 0.362 bits per heavy atom. The first-order chi connectivity index (χ1) is 55.5. The van der Waals surface area contributed by atoms with Crippen molar-refractivity contribution in [2.24, 2.45) is 46.4 Å². The maximum atomic E-state index is 15.0. The summed E-state index contributed by atoms with van der Waals surface area (Å²) >= 11 is 0. The summed E-state index contributed by atoms with van der Waals surface area (Å²) in [5, 5.41) is 41.0. The number of nitrogens with zero attached hydrogens (tertiary/aromatic N) is 1. The molecule has 22 N–H and O–H groups in total. The lowest BCUT2D eigenvalue weighted by Gasteiger charge is -2.31. The van der Waals surface area contributed by atoms with Gasteiger partial charge >= 0.3 is 5.97 Å². The van der Waals surface area contributed by atoms with E-state index in [2.05, 4.69) is 58.5 Å². The molecule has 0 spiro atoms. The number of aliphatic carboxylic acids is 1. The van der Waals surface area contributed by atoms with Gasteiger partial charge in [-0.3, -0.25) is 57.5 Å². The van der Waals surface area contributed by atoms with Crippen LogP contribution < -0.4 is 87.2 Å². The molecule has 0 unspecified atom stereocenters. The van der Waals surface area contributed by atoms with Gasteiger partial charge < -0.3 is 97.2 Å². The van der Waals surface area contributed by atoms with Gasteiger partial charge in [0.2, 0.25) is 70.9 Å². The van der Waals surface area contributed by atoms with Crippen LogP contribution in [-0.2, 0) is 88.0 Å². The van der Waals surface area contributed by atoms with E-state index < -0.39 is 161 Å². The average Bonchev–Trinajstić information content (AvgIpc) is 1.64. The molecule has 0 aliphatic carbocycles. The van der Waals surface area contributed by atoms with Crippen LogP contribution in [0.4, 0.5) is 0 Å². The zero-order valence-corrected chi connectivity index (χ0v) is 68.6. The van der Waals surface area contributed by atoms with Crippen molar-refractivity contribution in [3.63, 3.8) is 0 Å². The van der Waals surface area contributed by atoms with E-state index >= 15 is 0 Å². The van der Waals surface area contributed by atoms with Crippen LogP contribution in [0.3, 0.4) is 0 Å². The van der Waals surface area contributed by atoms with E-state index in [1.54, 1.807) is 135 Å². The molecule has 5 rings (SSSR count). The lowest BCUT2D eigenvalue weighted by molar-refractivity contribution is -0.142. The molecule has 4 aromatic rings. The van der Waals surface area contributed by atoms with Crippen molar-refractivity contribution >= 4 is 76.9 Å². The number of unbranched alkanes of at least 4 members (excludes halogenated alkanes) is 4. The maximum absolute atomic E-state index is 15.0. The summed E-state index contributed by atoms with van der Waals surface area (Å²) in [5.74, 6) is -10.8. The Balaban J connectivity index is 1.32. The number of nitrogens with one attached hydrogen (secondary N) is 11. The van der Waals surface area contributed by atoms with Crippen LogP contribution in [0.2, 0.25) is 0 Å². The third kappa shape index (κ3) is 33.9. The van der Waals surface area contributed by atoms with E-state index in [1.165, 1.54) is 11.8 Å². The summed E-state index contributed by atoms with van der Waals surface area (Å²) in [6, 6.07) is 19.1. The van der Waals surface area contributed by atoms with Crippen molar-refractivity contribution in [2.75, 3.05) is 32.7 Å². The molecule has 12 amide bonds. The second kappa shape index (κ2) is 51.7. The Labute approximate surface area is 682 Å². The predicted molar refractivity (Wildman–Crippen MR) is 443 cm³/mol. The summed E-state index contributed by atoms with van der Waals surface area (Å²) in [6.45, 7) is 13.6. The normalized spacial score (nSPS) is 15.8. The average molecular weight is 1610 g/mol. The number of carbonyl (C=O) groups excluding carboxylic acids is 12. The molecule has 4 aromatic carbocycles. The summed E-state index contributed by atoms with van der Waals surface area (Å²) < 4.78 is 0. The Hall–Kier alpha value is -10.2. The highest BCUT2D eigenvalue weighted by Gasteiger charge is 2.41. The van der Waals surface area contributed by atoms with E-state index in [9.17, 15) is 67.4 Å². The first-order valence-electron chi connectivity index (χ1n) is 41.1. The maximum Gasteiger partial charge on any atom is 0.326 e. The van der Waals surface area contributed by atoms with Gasteiger partial charge in [0, 0.05) is 32.2 Å². The minimum Gasteiger partial charge on any atom is -0.480 e. The molecule has 638 valence electrons.